The molecule has 6 nitrogen and oxygen atoms in total. The van der Waals surface area contributed by atoms with Crippen LogP contribution >= 0.6 is 0 Å². The molecule has 0 aliphatic rings. The highest BCUT2D eigenvalue weighted by Crippen LogP contribution is 2.35. The van der Waals surface area contributed by atoms with Gasteiger partial charge >= 0.3 is 12.1 Å². The molecule has 1 amide bonds. The second-order valence-electron chi connectivity index (χ2n) is 8.66. The van der Waals surface area contributed by atoms with Gasteiger partial charge in [0.15, 0.2) is 0 Å². The highest BCUT2D eigenvalue weighted by Gasteiger charge is 2.36. The monoisotopic (exact) mass is 500 g/mol. The number of carbonyl (C=O) groups excluding carboxylic acids is 1. The molecule has 0 aliphatic heterocycles. The third-order valence-corrected chi connectivity index (χ3v) is 6.23. The van der Waals surface area contributed by atoms with Crippen molar-refractivity contribution in [1.82, 2.24) is 9.88 Å². The first-order chi connectivity index (χ1) is 16.8. The summed E-state index contributed by atoms with van der Waals surface area (Å²) in [6.45, 7) is 5.09. The fourth-order valence-electron chi connectivity index (χ4n) is 4.15. The molecule has 0 radical (unpaired) electrons. The van der Waals surface area contributed by atoms with Crippen molar-refractivity contribution in [2.24, 2.45) is 7.05 Å². The van der Waals surface area contributed by atoms with E-state index in [2.05, 4.69) is 5.32 Å². The maximum Gasteiger partial charge on any atom is 0.417 e. The number of rotatable bonds is 7. The fourth-order valence-corrected chi connectivity index (χ4v) is 4.15. The number of carboxylic acids is 1. The second kappa shape index (κ2) is 10.4. The van der Waals surface area contributed by atoms with Gasteiger partial charge in [-0.05, 0) is 48.6 Å². The van der Waals surface area contributed by atoms with E-state index in [1.54, 1.807) is 19.1 Å². The summed E-state index contributed by atoms with van der Waals surface area (Å²) in [7, 11) is 1.40. The van der Waals surface area contributed by atoms with Crippen LogP contribution in [0.1, 0.15) is 45.2 Å². The van der Waals surface area contributed by atoms with Gasteiger partial charge in [-0.3, -0.25) is 9.59 Å². The summed E-state index contributed by atoms with van der Waals surface area (Å²) in [5, 5.41) is 12.2. The molecule has 1 heterocycles. The number of aliphatic carboxylic acids is 1. The Morgan fingerprint density at radius 1 is 1.08 bits per heavy atom. The van der Waals surface area contributed by atoms with Crippen LogP contribution in [0, 0.1) is 13.8 Å². The number of hydrogen-bond acceptors (Lipinski definition) is 3. The Hall–Kier alpha value is -3.88. The smallest absolute Gasteiger partial charge is 0.417 e. The lowest BCUT2D eigenvalue weighted by molar-refractivity contribution is -0.139. The van der Waals surface area contributed by atoms with Crippen LogP contribution in [0.5, 0.6) is 0 Å². The summed E-state index contributed by atoms with van der Waals surface area (Å²) in [6.07, 6.45) is -4.22. The first kappa shape index (κ1) is 26.7. The summed E-state index contributed by atoms with van der Waals surface area (Å²) in [6, 6.07) is 10.7. The molecule has 190 valence electrons. The van der Waals surface area contributed by atoms with Crippen LogP contribution in [0.2, 0.25) is 0 Å². The lowest BCUT2D eigenvalue weighted by Crippen LogP contribution is -2.42. The number of nitrogens with zero attached hydrogens (tertiary/aromatic N) is 1. The Labute approximate surface area is 206 Å². The van der Waals surface area contributed by atoms with Gasteiger partial charge in [0.25, 0.3) is 11.5 Å². The highest BCUT2D eigenvalue weighted by molar-refractivity contribution is 5.99. The largest absolute Gasteiger partial charge is 0.480 e. The second-order valence-corrected chi connectivity index (χ2v) is 8.66. The van der Waals surface area contributed by atoms with Crippen molar-refractivity contribution < 1.29 is 27.9 Å². The molecule has 0 bridgehead atoms. The summed E-state index contributed by atoms with van der Waals surface area (Å²) in [4.78, 5) is 37.5. The molecule has 2 aromatic carbocycles. The Bertz CT molecular complexity index is 1360. The van der Waals surface area contributed by atoms with Gasteiger partial charge in [-0.25, -0.2) is 4.79 Å². The van der Waals surface area contributed by atoms with Crippen LogP contribution in [0.15, 0.2) is 53.3 Å². The van der Waals surface area contributed by atoms with Gasteiger partial charge in [0.2, 0.25) is 0 Å². The minimum Gasteiger partial charge on any atom is -0.480 e. The van der Waals surface area contributed by atoms with Crippen LogP contribution in [0.3, 0.4) is 0 Å². The minimum atomic E-state index is -4.72. The van der Waals surface area contributed by atoms with E-state index in [0.717, 1.165) is 21.8 Å². The maximum atomic E-state index is 13.7. The average Bonchev–Trinajstić information content (AvgIpc) is 2.81. The number of nitrogens with one attached hydrogen (secondary N) is 1. The number of hydrogen-bond donors (Lipinski definition) is 2. The Kier molecular flexibility index (Phi) is 7.71. The standard InChI is InChI=1S/C27H27F3N2O4/c1-5-18-8-6-7-15(2)22(18)24(33)31-21(26(35)36)14-17-9-11-19(12-10-17)23-20(27(28,29)30)13-16(3)32(4)25(23)34/h6-13,21H,5,14H2,1-4H3,(H,31,33)(H,35,36)/t21-/m0/s1. The van der Waals surface area contributed by atoms with Crippen molar-refractivity contribution >= 4 is 11.9 Å². The number of alkyl halides is 3. The van der Waals surface area contributed by atoms with E-state index in [1.807, 2.05) is 13.0 Å². The van der Waals surface area contributed by atoms with E-state index in [4.69, 9.17) is 0 Å². The molecule has 0 unspecified atom stereocenters. The van der Waals surface area contributed by atoms with Crippen LogP contribution in [-0.2, 0) is 30.9 Å². The number of carboxylic acid groups (broad SMARTS) is 1. The van der Waals surface area contributed by atoms with Gasteiger partial charge in [-0.1, -0.05) is 49.4 Å². The van der Waals surface area contributed by atoms with Crippen molar-refractivity contribution in [3.8, 4) is 11.1 Å². The molecule has 0 spiro atoms. The number of aromatic nitrogens is 1. The first-order valence-corrected chi connectivity index (χ1v) is 11.3. The summed E-state index contributed by atoms with van der Waals surface area (Å²) < 4.78 is 42.1. The lowest BCUT2D eigenvalue weighted by atomic mass is 9.96. The van der Waals surface area contributed by atoms with Crippen LogP contribution in [0.4, 0.5) is 13.2 Å². The zero-order valence-electron chi connectivity index (χ0n) is 20.4. The van der Waals surface area contributed by atoms with Gasteiger partial charge in [0, 0.05) is 24.7 Å². The molecule has 36 heavy (non-hydrogen) atoms. The van der Waals surface area contributed by atoms with E-state index in [-0.39, 0.29) is 17.7 Å². The predicted octanol–water partition coefficient (Wildman–Crippen LogP) is 4.68. The summed E-state index contributed by atoms with van der Waals surface area (Å²) in [5.74, 6) is -1.75. The molecule has 1 aromatic heterocycles. The third-order valence-electron chi connectivity index (χ3n) is 6.23. The number of pyridine rings is 1. The van der Waals surface area contributed by atoms with E-state index < -0.39 is 40.8 Å². The highest BCUT2D eigenvalue weighted by atomic mass is 19.4. The van der Waals surface area contributed by atoms with Gasteiger partial charge in [-0.15, -0.1) is 0 Å². The van der Waals surface area contributed by atoms with Gasteiger partial charge in [0.05, 0.1) is 11.1 Å². The number of amides is 1. The molecule has 1 atom stereocenters. The Balaban J connectivity index is 1.90. The average molecular weight is 501 g/mol. The summed E-state index contributed by atoms with van der Waals surface area (Å²) >= 11 is 0. The predicted molar refractivity (Wildman–Crippen MR) is 130 cm³/mol. The van der Waals surface area contributed by atoms with Gasteiger partial charge < -0.3 is 15.0 Å². The fraction of sp³-hybridized carbons (Fsp3) is 0.296. The third kappa shape index (κ3) is 5.50. The van der Waals surface area contributed by atoms with Crippen molar-refractivity contribution in [1.29, 1.82) is 0 Å². The topological polar surface area (TPSA) is 88.4 Å². The van der Waals surface area contributed by atoms with E-state index in [0.29, 0.717) is 17.5 Å². The van der Waals surface area contributed by atoms with Crippen molar-refractivity contribution in [3.05, 3.63) is 92.4 Å². The zero-order valence-corrected chi connectivity index (χ0v) is 20.4. The SMILES string of the molecule is CCc1cccc(C)c1C(=O)N[C@@H](Cc1ccc(-c2c(C(F)(F)F)cc(C)n(C)c2=O)cc1)C(=O)O. The molecular weight excluding hydrogens is 473 g/mol. The van der Waals surface area contributed by atoms with Crippen LogP contribution in [0.25, 0.3) is 11.1 Å². The Morgan fingerprint density at radius 3 is 2.28 bits per heavy atom. The first-order valence-electron chi connectivity index (χ1n) is 11.3. The number of carbonyl (C=O) groups is 2. The van der Waals surface area contributed by atoms with Crippen LogP contribution < -0.4 is 10.9 Å². The maximum absolute atomic E-state index is 13.7. The lowest BCUT2D eigenvalue weighted by Gasteiger charge is -2.18. The molecule has 2 N–H and O–H groups in total. The quantitative estimate of drug-likeness (QED) is 0.493. The van der Waals surface area contributed by atoms with E-state index >= 15 is 0 Å². The minimum absolute atomic E-state index is 0.0649. The molecule has 3 rings (SSSR count). The molecule has 3 aromatic rings. The Morgan fingerprint density at radius 2 is 1.72 bits per heavy atom. The summed E-state index contributed by atoms with van der Waals surface area (Å²) in [5.41, 5.74) is 0.370. The molecule has 0 saturated carbocycles. The molecule has 9 heteroatoms. The van der Waals surface area contributed by atoms with Crippen molar-refractivity contribution in [2.75, 3.05) is 0 Å². The van der Waals surface area contributed by atoms with E-state index in [9.17, 15) is 32.7 Å². The zero-order chi connectivity index (χ0) is 26.8. The van der Waals surface area contributed by atoms with Crippen LogP contribution in [-0.4, -0.2) is 27.6 Å². The normalized spacial score (nSPS) is 12.3. The van der Waals surface area contributed by atoms with Crippen molar-refractivity contribution in [3.63, 3.8) is 0 Å². The number of halogens is 3. The van der Waals surface area contributed by atoms with Crippen molar-refractivity contribution in [2.45, 2.75) is 45.8 Å². The molecule has 0 aliphatic carbocycles. The number of benzene rings is 2. The van der Waals surface area contributed by atoms with E-state index in [1.165, 1.54) is 38.2 Å². The molecular formula is C27H27F3N2O4. The molecule has 0 saturated heterocycles. The number of aryl methyl sites for hydroxylation is 3. The molecule has 0 fully saturated rings. The van der Waals surface area contributed by atoms with Gasteiger partial charge in [-0.2, -0.15) is 13.2 Å². The van der Waals surface area contributed by atoms with Gasteiger partial charge in [0.1, 0.15) is 6.04 Å².